The van der Waals surface area contributed by atoms with Gasteiger partial charge in [0.1, 0.15) is 5.69 Å². The van der Waals surface area contributed by atoms with Gasteiger partial charge in [-0.1, -0.05) is 24.6 Å². The highest BCUT2D eigenvalue weighted by Gasteiger charge is 2.06. The van der Waals surface area contributed by atoms with Crippen LogP contribution < -0.4 is 0 Å². The van der Waals surface area contributed by atoms with Gasteiger partial charge in [-0.3, -0.25) is 0 Å². The molecule has 1 aliphatic rings. The summed E-state index contributed by atoms with van der Waals surface area (Å²) in [6.45, 7) is 2.16. The molecule has 0 bridgehead atoms. The van der Waals surface area contributed by atoms with E-state index in [4.69, 9.17) is 0 Å². The Morgan fingerprint density at radius 3 is 3.17 bits per heavy atom. The topological polar surface area (TPSA) is 25.8 Å². The normalized spacial score (nSPS) is 15.2. The number of rotatable bonds is 1. The number of hydrogen-bond donors (Lipinski definition) is 0. The number of nitrogens with zero attached hydrogens (tertiary/aromatic N) is 2. The van der Waals surface area contributed by atoms with E-state index < -0.39 is 0 Å². The molecule has 0 unspecified atom stereocenters. The smallest absolute Gasteiger partial charge is 0.100 e. The van der Waals surface area contributed by atoms with Crippen molar-refractivity contribution >= 4 is 17.8 Å². The van der Waals surface area contributed by atoms with Crippen molar-refractivity contribution in [2.75, 3.05) is 0 Å². The molecule has 1 aromatic rings. The highest BCUT2D eigenvalue weighted by Crippen LogP contribution is 2.17. The van der Waals surface area contributed by atoms with Crippen molar-refractivity contribution in [2.45, 2.75) is 19.8 Å². The molecule has 0 saturated carbocycles. The minimum atomic E-state index is 0.933. The average Bonchev–Trinajstić information content (AvgIpc) is 2.46. The first-order chi connectivity index (χ1) is 5.90. The maximum absolute atomic E-state index is 4.22. The van der Waals surface area contributed by atoms with Gasteiger partial charge in [-0.05, 0) is 12.5 Å². The lowest BCUT2D eigenvalue weighted by molar-refractivity contribution is 1.10. The van der Waals surface area contributed by atoms with Gasteiger partial charge in [0.25, 0.3) is 0 Å². The Morgan fingerprint density at radius 1 is 1.42 bits per heavy atom. The third kappa shape index (κ3) is 1.32. The molecule has 1 aromatic heterocycles. The predicted octanol–water partition coefficient (Wildman–Crippen LogP) is 2.44. The van der Waals surface area contributed by atoms with Crippen LogP contribution in [0, 0.1) is 0 Å². The molecule has 0 N–H and O–H groups in total. The van der Waals surface area contributed by atoms with E-state index in [9.17, 15) is 0 Å². The van der Waals surface area contributed by atoms with Crippen LogP contribution in [0.4, 0.5) is 0 Å². The number of fused-ring (bicyclic) bond motifs is 1. The summed E-state index contributed by atoms with van der Waals surface area (Å²) >= 11 is 1.29. The largest absolute Gasteiger partial charge is 0.177 e. The zero-order valence-electron chi connectivity index (χ0n) is 6.95. The molecule has 0 atom stereocenters. The van der Waals surface area contributed by atoms with Gasteiger partial charge < -0.3 is 0 Å². The van der Waals surface area contributed by atoms with Crippen LogP contribution >= 0.6 is 11.7 Å². The monoisotopic (exact) mass is 178 g/mol. The molecule has 1 aliphatic carbocycles. The van der Waals surface area contributed by atoms with Crippen LogP contribution in [-0.2, 0) is 6.42 Å². The lowest BCUT2D eigenvalue weighted by Gasteiger charge is -1.91. The van der Waals surface area contributed by atoms with Gasteiger partial charge >= 0.3 is 0 Å². The van der Waals surface area contributed by atoms with Crippen molar-refractivity contribution in [2.24, 2.45) is 0 Å². The molecule has 0 radical (unpaired) electrons. The second-order valence-electron chi connectivity index (χ2n) is 2.77. The third-order valence-corrected chi connectivity index (χ3v) is 2.59. The predicted molar refractivity (Wildman–Crippen MR) is 51.0 cm³/mol. The van der Waals surface area contributed by atoms with Crippen molar-refractivity contribution in [3.05, 3.63) is 29.1 Å². The maximum atomic E-state index is 4.22. The molecular formula is C9H10N2S. The van der Waals surface area contributed by atoms with Gasteiger partial charge in [-0.15, -0.1) is 0 Å². The van der Waals surface area contributed by atoms with Crippen molar-refractivity contribution in [3.8, 4) is 0 Å². The molecule has 0 spiro atoms. The summed E-state index contributed by atoms with van der Waals surface area (Å²) in [5.74, 6) is 0. The highest BCUT2D eigenvalue weighted by molar-refractivity contribution is 6.99. The first kappa shape index (κ1) is 7.68. The van der Waals surface area contributed by atoms with E-state index in [0.29, 0.717) is 0 Å². The van der Waals surface area contributed by atoms with E-state index in [0.717, 1.165) is 24.2 Å². The Bertz CT molecular complexity index is 336. The summed E-state index contributed by atoms with van der Waals surface area (Å²) in [7, 11) is 0. The first-order valence-electron chi connectivity index (χ1n) is 4.08. The third-order valence-electron chi connectivity index (χ3n) is 2.01. The van der Waals surface area contributed by atoms with Gasteiger partial charge in [0, 0.05) is 6.42 Å². The molecule has 3 heteroatoms. The number of allylic oxidation sites excluding steroid dienone is 3. The second-order valence-corrected chi connectivity index (χ2v) is 3.29. The van der Waals surface area contributed by atoms with E-state index in [1.807, 2.05) is 0 Å². The van der Waals surface area contributed by atoms with Crippen LogP contribution in [0.3, 0.4) is 0 Å². The Kier molecular flexibility index (Phi) is 2.04. The van der Waals surface area contributed by atoms with Crippen molar-refractivity contribution in [1.29, 1.82) is 0 Å². The van der Waals surface area contributed by atoms with Gasteiger partial charge in [0.15, 0.2) is 0 Å². The second kappa shape index (κ2) is 3.19. The van der Waals surface area contributed by atoms with E-state index in [2.05, 4.69) is 33.9 Å². The molecular weight excluding hydrogens is 168 g/mol. The standard InChI is InChI=1S/C9H10N2S/c1-2-7-3-5-8-9(6-4-7)11-12-10-8/h3-5H,2,6H2,1H3. The maximum Gasteiger partial charge on any atom is 0.100 e. The van der Waals surface area contributed by atoms with Gasteiger partial charge in [0.05, 0.1) is 17.4 Å². The average molecular weight is 178 g/mol. The number of aromatic nitrogens is 2. The van der Waals surface area contributed by atoms with Crippen molar-refractivity contribution in [3.63, 3.8) is 0 Å². The molecule has 12 heavy (non-hydrogen) atoms. The molecule has 1 heterocycles. The lowest BCUT2D eigenvalue weighted by atomic mass is 10.2. The van der Waals surface area contributed by atoms with Crippen LogP contribution in [0.15, 0.2) is 17.7 Å². The van der Waals surface area contributed by atoms with Gasteiger partial charge in [-0.25, -0.2) is 0 Å². The van der Waals surface area contributed by atoms with Crippen molar-refractivity contribution in [1.82, 2.24) is 8.75 Å². The first-order valence-corrected chi connectivity index (χ1v) is 4.81. The molecule has 0 aliphatic heterocycles. The van der Waals surface area contributed by atoms with E-state index in [1.54, 1.807) is 0 Å². The molecule has 0 amide bonds. The Labute approximate surface area is 76.0 Å². The summed E-state index contributed by atoms with van der Waals surface area (Å²) in [4.78, 5) is 0. The summed E-state index contributed by atoms with van der Waals surface area (Å²) in [5.41, 5.74) is 3.53. The zero-order chi connectivity index (χ0) is 8.39. The molecule has 0 fully saturated rings. The Morgan fingerprint density at radius 2 is 2.33 bits per heavy atom. The Balaban J connectivity index is 2.34. The summed E-state index contributed by atoms with van der Waals surface area (Å²) < 4.78 is 8.42. The molecule has 62 valence electrons. The molecule has 2 rings (SSSR count). The van der Waals surface area contributed by atoms with Gasteiger partial charge in [-0.2, -0.15) is 8.75 Å². The lowest BCUT2D eigenvalue weighted by Crippen LogP contribution is -1.83. The summed E-state index contributed by atoms with van der Waals surface area (Å²) in [6.07, 6.45) is 8.43. The van der Waals surface area contributed by atoms with E-state index >= 15 is 0 Å². The Hall–Kier alpha value is -0.960. The molecule has 0 saturated heterocycles. The highest BCUT2D eigenvalue weighted by atomic mass is 32.1. The fourth-order valence-electron chi connectivity index (χ4n) is 1.23. The van der Waals surface area contributed by atoms with E-state index in [1.165, 1.54) is 17.3 Å². The van der Waals surface area contributed by atoms with Crippen molar-refractivity contribution < 1.29 is 0 Å². The van der Waals surface area contributed by atoms with Crippen LogP contribution in [0.5, 0.6) is 0 Å². The molecule has 0 aromatic carbocycles. The fourth-order valence-corrected chi connectivity index (χ4v) is 1.79. The van der Waals surface area contributed by atoms with Crippen LogP contribution in [0.25, 0.3) is 6.08 Å². The minimum absolute atomic E-state index is 0.933. The van der Waals surface area contributed by atoms with Gasteiger partial charge in [0.2, 0.25) is 0 Å². The van der Waals surface area contributed by atoms with Crippen LogP contribution in [0.1, 0.15) is 24.7 Å². The van der Waals surface area contributed by atoms with Crippen LogP contribution in [-0.4, -0.2) is 8.75 Å². The molecule has 2 nitrogen and oxygen atoms in total. The summed E-state index contributed by atoms with van der Waals surface area (Å²) in [6, 6.07) is 0. The van der Waals surface area contributed by atoms with Crippen LogP contribution in [0.2, 0.25) is 0 Å². The van der Waals surface area contributed by atoms with E-state index in [-0.39, 0.29) is 0 Å². The zero-order valence-corrected chi connectivity index (χ0v) is 7.77. The quantitative estimate of drug-likeness (QED) is 0.660. The SMILES string of the molecule is CCC1=CCc2nsnc2C=C1. The number of hydrogen-bond acceptors (Lipinski definition) is 3. The minimum Gasteiger partial charge on any atom is -0.177 e. The fraction of sp³-hybridized carbons (Fsp3) is 0.333. The summed E-state index contributed by atoms with van der Waals surface area (Å²) in [5, 5.41) is 0.